The van der Waals surface area contributed by atoms with Crippen molar-refractivity contribution in [1.29, 1.82) is 0 Å². The van der Waals surface area contributed by atoms with E-state index in [9.17, 15) is 0 Å². The van der Waals surface area contributed by atoms with Crippen LogP contribution in [-0.4, -0.2) is 24.7 Å². The highest BCUT2D eigenvalue weighted by atomic mass is 28.4. The summed E-state index contributed by atoms with van der Waals surface area (Å²) >= 11 is 0. The maximum Gasteiger partial charge on any atom is 0.122 e. The molecule has 21 heavy (non-hydrogen) atoms. The quantitative estimate of drug-likeness (QED) is 0.567. The van der Waals surface area contributed by atoms with E-state index in [1.165, 1.54) is 5.56 Å². The van der Waals surface area contributed by atoms with Crippen LogP contribution in [-0.2, 0) is 6.54 Å². The maximum atomic E-state index is 5.30. The molecule has 1 aromatic rings. The summed E-state index contributed by atoms with van der Waals surface area (Å²) in [4.78, 5) is 0.943. The minimum Gasteiger partial charge on any atom is -0.332 e. The highest BCUT2D eigenvalue weighted by Gasteiger charge is 2.42. The number of hydrogen-bond donors (Lipinski definition) is 0. The Morgan fingerprint density at radius 2 is 1.38 bits per heavy atom. The summed E-state index contributed by atoms with van der Waals surface area (Å²) in [5, 5.41) is 0. The Kier molecular flexibility index (Phi) is 6.50. The molecule has 0 aliphatic carbocycles. The summed E-state index contributed by atoms with van der Waals surface area (Å²) in [5.74, 6) is 0. The first kappa shape index (κ1) is 18.7. The number of nitrogens with zero attached hydrogens (tertiary/aromatic N) is 1. The first-order chi connectivity index (χ1) is 9.53. The van der Waals surface area contributed by atoms with Gasteiger partial charge in [0.15, 0.2) is 0 Å². The van der Waals surface area contributed by atoms with E-state index in [0.717, 1.165) is 16.9 Å². The molecule has 118 valence electrons. The fourth-order valence-corrected chi connectivity index (χ4v) is 25.2. The van der Waals surface area contributed by atoms with Gasteiger partial charge in [-0.25, -0.2) is 0 Å². The summed E-state index contributed by atoms with van der Waals surface area (Å²) in [7, 11) is -3.01. The summed E-state index contributed by atoms with van der Waals surface area (Å²) in [5.41, 5.74) is 2.10. The van der Waals surface area contributed by atoms with Gasteiger partial charge in [0.25, 0.3) is 0 Å². The van der Waals surface area contributed by atoms with Crippen LogP contribution in [0, 0.1) is 0 Å². The lowest BCUT2D eigenvalue weighted by molar-refractivity contribution is 0.987. The first-order valence-electron chi connectivity index (χ1n) is 8.11. The molecule has 0 radical (unpaired) electrons. The summed E-state index contributed by atoms with van der Waals surface area (Å²) < 4.78 is 5.30. The molecule has 0 saturated carbocycles. The molecule has 0 unspecified atom stereocenters. The lowest BCUT2D eigenvalue weighted by Gasteiger charge is -2.40. The van der Waals surface area contributed by atoms with Crippen molar-refractivity contribution in [1.82, 2.24) is 0 Å². The predicted octanol–water partition coefficient (Wildman–Crippen LogP) is 5.98. The Morgan fingerprint density at radius 1 is 0.905 bits per heavy atom. The zero-order valence-electron chi connectivity index (χ0n) is 15.2. The van der Waals surface area contributed by atoms with E-state index in [4.69, 9.17) is 4.63 Å². The van der Waals surface area contributed by atoms with Crippen LogP contribution in [0.4, 0.5) is 0 Å². The SMILES string of the molecule is CC(C)[Si](=NCc1ccccc1)C([Si](C)(C)C)[Si](C)(C)C. The van der Waals surface area contributed by atoms with Crippen molar-refractivity contribution in [3.8, 4) is 0 Å². The van der Waals surface area contributed by atoms with Gasteiger partial charge in [-0.3, -0.25) is 0 Å². The third kappa shape index (κ3) is 5.75. The summed E-state index contributed by atoms with van der Waals surface area (Å²) in [6.07, 6.45) is 0. The fraction of sp³-hybridized carbons (Fsp3) is 0.647. The Balaban J connectivity index is 3.14. The van der Waals surface area contributed by atoms with Crippen LogP contribution < -0.4 is 0 Å². The van der Waals surface area contributed by atoms with Crippen LogP contribution in [0.2, 0.25) is 49.6 Å². The molecule has 0 fully saturated rings. The molecule has 0 spiro atoms. The van der Waals surface area contributed by atoms with Gasteiger partial charge in [-0.2, -0.15) is 0 Å². The van der Waals surface area contributed by atoms with E-state index in [2.05, 4.69) is 83.5 Å². The zero-order chi connectivity index (χ0) is 16.3. The molecule has 1 nitrogen and oxygen atoms in total. The van der Waals surface area contributed by atoms with Gasteiger partial charge >= 0.3 is 0 Å². The zero-order valence-corrected chi connectivity index (χ0v) is 18.2. The van der Waals surface area contributed by atoms with Crippen LogP contribution in [0.15, 0.2) is 35.0 Å². The van der Waals surface area contributed by atoms with Crippen LogP contribution in [0.1, 0.15) is 19.4 Å². The number of rotatable bonds is 6. The molecule has 0 heterocycles. The number of benzene rings is 1. The lowest BCUT2D eigenvalue weighted by atomic mass is 10.2. The molecule has 0 aromatic heterocycles. The van der Waals surface area contributed by atoms with E-state index in [1.54, 1.807) is 0 Å². The Labute approximate surface area is 135 Å². The third-order valence-corrected chi connectivity index (χ3v) is 21.8. The Hall–Kier alpha value is -0.329. The summed E-state index contributed by atoms with van der Waals surface area (Å²) in [6, 6.07) is 10.8. The van der Waals surface area contributed by atoms with E-state index in [1.807, 2.05) is 0 Å². The molecule has 1 aromatic carbocycles. The molecular weight excluding hydrogens is 302 g/mol. The monoisotopic (exact) mass is 335 g/mol. The minimum absolute atomic E-state index is 0.664. The van der Waals surface area contributed by atoms with E-state index >= 15 is 0 Å². The number of hydrogen-bond acceptors (Lipinski definition) is 1. The molecule has 0 bridgehead atoms. The first-order valence-corrected chi connectivity index (χ1v) is 16.9. The van der Waals surface area contributed by atoms with Crippen LogP contribution in [0.3, 0.4) is 0 Å². The van der Waals surface area contributed by atoms with Crippen LogP contribution in [0.25, 0.3) is 0 Å². The molecule has 0 saturated heterocycles. The highest BCUT2D eigenvalue weighted by molar-refractivity contribution is 7.06. The van der Waals surface area contributed by atoms with Crippen molar-refractivity contribution in [2.45, 2.75) is 70.0 Å². The molecule has 1 rings (SSSR count). The van der Waals surface area contributed by atoms with E-state index < -0.39 is 24.7 Å². The van der Waals surface area contributed by atoms with Gasteiger partial charge in [0, 0.05) is 16.1 Å². The van der Waals surface area contributed by atoms with Gasteiger partial charge in [-0.05, 0) is 15.9 Å². The average molecular weight is 336 g/mol. The van der Waals surface area contributed by atoms with Gasteiger partial charge in [0.1, 0.15) is 8.59 Å². The van der Waals surface area contributed by atoms with Crippen molar-refractivity contribution in [2.24, 2.45) is 4.63 Å². The molecular formula is C17H33NSi3. The smallest absolute Gasteiger partial charge is 0.122 e. The van der Waals surface area contributed by atoms with Crippen LogP contribution >= 0.6 is 0 Å². The maximum absolute atomic E-state index is 5.30. The molecule has 4 heteroatoms. The van der Waals surface area contributed by atoms with Crippen molar-refractivity contribution in [3.63, 3.8) is 0 Å². The molecule has 0 aliphatic heterocycles. The van der Waals surface area contributed by atoms with Crippen molar-refractivity contribution in [2.75, 3.05) is 0 Å². The second kappa shape index (κ2) is 7.29. The van der Waals surface area contributed by atoms with Crippen molar-refractivity contribution in [3.05, 3.63) is 35.9 Å². The van der Waals surface area contributed by atoms with Crippen molar-refractivity contribution < 1.29 is 0 Å². The third-order valence-electron chi connectivity index (χ3n) is 3.91. The van der Waals surface area contributed by atoms with Crippen LogP contribution in [0.5, 0.6) is 0 Å². The second-order valence-corrected chi connectivity index (χ2v) is 23.8. The highest BCUT2D eigenvalue weighted by Crippen LogP contribution is 2.36. The predicted molar refractivity (Wildman–Crippen MR) is 104 cm³/mol. The molecule has 0 N–H and O–H groups in total. The van der Waals surface area contributed by atoms with Gasteiger partial charge in [-0.15, -0.1) is 0 Å². The van der Waals surface area contributed by atoms with E-state index in [-0.39, 0.29) is 0 Å². The van der Waals surface area contributed by atoms with E-state index in [0.29, 0.717) is 0 Å². The van der Waals surface area contributed by atoms with Gasteiger partial charge in [0.2, 0.25) is 0 Å². The van der Waals surface area contributed by atoms with Gasteiger partial charge < -0.3 is 4.63 Å². The minimum atomic E-state index is -1.17. The second-order valence-electron chi connectivity index (χ2n) is 8.55. The van der Waals surface area contributed by atoms with Gasteiger partial charge in [0.05, 0.1) is 6.54 Å². The lowest BCUT2D eigenvalue weighted by Crippen LogP contribution is -2.49. The Bertz CT molecular complexity index is 453. The van der Waals surface area contributed by atoms with Crippen molar-refractivity contribution >= 4 is 24.7 Å². The molecule has 0 aliphatic rings. The summed E-state index contributed by atoms with van der Waals surface area (Å²) in [6.45, 7) is 21.1. The average Bonchev–Trinajstić information content (AvgIpc) is 2.32. The standard InChI is InChI=1S/C17H33NSi3/c1-15(2)19(17(20(3,4)5)21(6,7)8)18-14-16-12-10-9-11-13-16/h9-13,15,17H,14H2,1-8H3. The largest absolute Gasteiger partial charge is 0.332 e. The molecule has 0 amide bonds. The normalized spacial score (nSPS) is 14.1. The fourth-order valence-electron chi connectivity index (χ4n) is 3.56. The Morgan fingerprint density at radius 3 is 1.76 bits per heavy atom. The molecule has 0 atom stereocenters. The van der Waals surface area contributed by atoms with Gasteiger partial charge in [-0.1, -0.05) is 83.5 Å². The topological polar surface area (TPSA) is 12.4 Å².